The Morgan fingerprint density at radius 3 is 2.59 bits per heavy atom. The van der Waals surface area contributed by atoms with E-state index in [1.54, 1.807) is 0 Å². The van der Waals surface area contributed by atoms with Crippen molar-refractivity contribution in [2.75, 3.05) is 13.2 Å². The Balaban J connectivity index is 1.65. The van der Waals surface area contributed by atoms with Gasteiger partial charge in [0, 0.05) is 19.2 Å². The van der Waals surface area contributed by atoms with Gasteiger partial charge in [-0.25, -0.2) is 0 Å². The summed E-state index contributed by atoms with van der Waals surface area (Å²) in [6, 6.07) is 0.378. The molecule has 1 aliphatic carbocycles. The molecule has 1 saturated heterocycles. The number of hydrogen-bond donors (Lipinski definition) is 2. The Labute approximate surface area is 103 Å². The van der Waals surface area contributed by atoms with Crippen LogP contribution in [0.5, 0.6) is 0 Å². The number of rotatable bonds is 3. The Bertz CT molecular complexity index is 244. The number of amides is 1. The zero-order valence-electron chi connectivity index (χ0n) is 10.5. The fourth-order valence-corrected chi connectivity index (χ4v) is 2.70. The Kier molecular flexibility index (Phi) is 4.80. The van der Waals surface area contributed by atoms with Crippen LogP contribution in [0, 0.1) is 5.92 Å². The molecule has 1 unspecified atom stereocenters. The summed E-state index contributed by atoms with van der Waals surface area (Å²) in [5.74, 6) is 0.696. The van der Waals surface area contributed by atoms with E-state index in [1.165, 1.54) is 0 Å². The lowest BCUT2D eigenvalue weighted by atomic mass is 9.86. The van der Waals surface area contributed by atoms with Crippen molar-refractivity contribution < 1.29 is 9.53 Å². The average molecular weight is 240 g/mol. The smallest absolute Gasteiger partial charge is 0.249 e. The molecule has 17 heavy (non-hydrogen) atoms. The number of nitrogens with one attached hydrogen (secondary N) is 1. The summed E-state index contributed by atoms with van der Waals surface area (Å²) >= 11 is 0. The summed E-state index contributed by atoms with van der Waals surface area (Å²) in [6.07, 6.45) is 7.36. The standard InChI is InChI=1S/C13H24N2O2/c14-11-6-4-10(5-7-11)9-15-13(16)12-3-1-2-8-17-12/h10-12H,1-9,14H2,(H,15,16). The maximum absolute atomic E-state index is 11.8. The van der Waals surface area contributed by atoms with Crippen LogP contribution in [0.1, 0.15) is 44.9 Å². The number of hydrogen-bond acceptors (Lipinski definition) is 3. The van der Waals surface area contributed by atoms with Crippen LogP contribution in [0.25, 0.3) is 0 Å². The fourth-order valence-electron chi connectivity index (χ4n) is 2.70. The molecule has 3 N–H and O–H groups in total. The monoisotopic (exact) mass is 240 g/mol. The molecule has 0 aromatic rings. The maximum atomic E-state index is 11.8. The van der Waals surface area contributed by atoms with Gasteiger partial charge in [-0.15, -0.1) is 0 Å². The molecule has 1 atom stereocenters. The van der Waals surface area contributed by atoms with Crippen LogP contribution < -0.4 is 11.1 Å². The minimum atomic E-state index is -0.199. The molecule has 0 spiro atoms. The van der Waals surface area contributed by atoms with Crippen molar-refractivity contribution in [2.24, 2.45) is 11.7 Å². The summed E-state index contributed by atoms with van der Waals surface area (Å²) in [7, 11) is 0. The van der Waals surface area contributed by atoms with Crippen molar-refractivity contribution >= 4 is 5.91 Å². The largest absolute Gasteiger partial charge is 0.368 e. The second kappa shape index (κ2) is 6.36. The molecule has 1 saturated carbocycles. The van der Waals surface area contributed by atoms with Gasteiger partial charge in [-0.05, 0) is 50.9 Å². The van der Waals surface area contributed by atoms with E-state index >= 15 is 0 Å². The quantitative estimate of drug-likeness (QED) is 0.779. The van der Waals surface area contributed by atoms with Crippen LogP contribution in [-0.2, 0) is 9.53 Å². The molecule has 4 heteroatoms. The normalized spacial score (nSPS) is 34.3. The summed E-state index contributed by atoms with van der Waals surface area (Å²) in [6.45, 7) is 1.53. The lowest BCUT2D eigenvalue weighted by Crippen LogP contribution is -2.41. The Hall–Kier alpha value is -0.610. The van der Waals surface area contributed by atoms with E-state index in [2.05, 4.69) is 5.32 Å². The van der Waals surface area contributed by atoms with Crippen LogP contribution in [0.2, 0.25) is 0 Å². The molecule has 0 aromatic carbocycles. The molecule has 0 bridgehead atoms. The van der Waals surface area contributed by atoms with Crippen molar-refractivity contribution in [3.05, 3.63) is 0 Å². The van der Waals surface area contributed by atoms with Gasteiger partial charge < -0.3 is 15.8 Å². The van der Waals surface area contributed by atoms with Crippen molar-refractivity contribution in [1.29, 1.82) is 0 Å². The van der Waals surface area contributed by atoms with Gasteiger partial charge in [-0.3, -0.25) is 4.79 Å². The van der Waals surface area contributed by atoms with Crippen LogP contribution in [0.3, 0.4) is 0 Å². The van der Waals surface area contributed by atoms with E-state index in [1.807, 2.05) is 0 Å². The number of nitrogens with two attached hydrogens (primary N) is 1. The lowest BCUT2D eigenvalue weighted by molar-refractivity contribution is -0.135. The summed E-state index contributed by atoms with van der Waals surface area (Å²) in [4.78, 5) is 11.8. The van der Waals surface area contributed by atoms with E-state index < -0.39 is 0 Å². The minimum Gasteiger partial charge on any atom is -0.368 e. The minimum absolute atomic E-state index is 0.0829. The van der Waals surface area contributed by atoms with Gasteiger partial charge in [0.15, 0.2) is 0 Å². The van der Waals surface area contributed by atoms with Gasteiger partial charge in [0.2, 0.25) is 5.91 Å². The predicted octanol–water partition coefficient (Wildman–Crippen LogP) is 1.19. The van der Waals surface area contributed by atoms with Crippen molar-refractivity contribution in [3.63, 3.8) is 0 Å². The molecule has 2 fully saturated rings. The molecule has 1 heterocycles. The molecule has 4 nitrogen and oxygen atoms in total. The predicted molar refractivity (Wildman–Crippen MR) is 66.5 cm³/mol. The first-order valence-electron chi connectivity index (χ1n) is 6.90. The van der Waals surface area contributed by atoms with Crippen LogP contribution in [0.15, 0.2) is 0 Å². The zero-order valence-corrected chi connectivity index (χ0v) is 10.5. The van der Waals surface area contributed by atoms with Gasteiger partial charge in [0.05, 0.1) is 0 Å². The Morgan fingerprint density at radius 1 is 1.18 bits per heavy atom. The SMILES string of the molecule is NC1CCC(CNC(=O)C2CCCCO2)CC1. The number of carbonyl (C=O) groups is 1. The second-order valence-corrected chi connectivity index (χ2v) is 5.38. The van der Waals surface area contributed by atoms with Gasteiger partial charge in [0.1, 0.15) is 6.10 Å². The first kappa shape index (κ1) is 12.8. The van der Waals surface area contributed by atoms with E-state index in [4.69, 9.17) is 10.5 Å². The third-order valence-electron chi connectivity index (χ3n) is 3.93. The fraction of sp³-hybridized carbons (Fsp3) is 0.923. The van der Waals surface area contributed by atoms with E-state index in [0.717, 1.165) is 58.1 Å². The van der Waals surface area contributed by atoms with Crippen molar-refractivity contribution in [1.82, 2.24) is 5.32 Å². The van der Waals surface area contributed by atoms with Gasteiger partial charge in [-0.1, -0.05) is 0 Å². The highest BCUT2D eigenvalue weighted by molar-refractivity contribution is 5.80. The molecule has 0 radical (unpaired) electrons. The molecule has 2 aliphatic rings. The van der Waals surface area contributed by atoms with Gasteiger partial charge >= 0.3 is 0 Å². The number of ether oxygens (including phenoxy) is 1. The van der Waals surface area contributed by atoms with Crippen molar-refractivity contribution in [2.45, 2.75) is 57.1 Å². The molecule has 0 aromatic heterocycles. The average Bonchev–Trinajstić information content (AvgIpc) is 2.39. The zero-order chi connectivity index (χ0) is 12.1. The summed E-state index contributed by atoms with van der Waals surface area (Å²) in [5.41, 5.74) is 5.86. The Morgan fingerprint density at radius 2 is 1.94 bits per heavy atom. The van der Waals surface area contributed by atoms with E-state index in [0.29, 0.717) is 12.0 Å². The van der Waals surface area contributed by atoms with E-state index in [9.17, 15) is 4.79 Å². The van der Waals surface area contributed by atoms with Crippen LogP contribution in [-0.4, -0.2) is 31.2 Å². The molecular formula is C13H24N2O2. The highest BCUT2D eigenvalue weighted by atomic mass is 16.5. The third-order valence-corrected chi connectivity index (χ3v) is 3.93. The molecule has 98 valence electrons. The summed E-state index contributed by atoms with van der Waals surface area (Å²) < 4.78 is 5.46. The second-order valence-electron chi connectivity index (χ2n) is 5.38. The molecule has 1 amide bonds. The number of carbonyl (C=O) groups excluding carboxylic acids is 1. The third kappa shape index (κ3) is 3.96. The maximum Gasteiger partial charge on any atom is 0.249 e. The lowest BCUT2D eigenvalue weighted by Gasteiger charge is -2.27. The molecular weight excluding hydrogens is 216 g/mol. The first-order valence-corrected chi connectivity index (χ1v) is 6.90. The van der Waals surface area contributed by atoms with Crippen molar-refractivity contribution in [3.8, 4) is 0 Å². The van der Waals surface area contributed by atoms with Gasteiger partial charge in [0.25, 0.3) is 0 Å². The topological polar surface area (TPSA) is 64.3 Å². The molecule has 1 aliphatic heterocycles. The van der Waals surface area contributed by atoms with Crippen LogP contribution >= 0.6 is 0 Å². The summed E-state index contributed by atoms with van der Waals surface area (Å²) in [5, 5.41) is 3.03. The molecule has 2 rings (SSSR count). The highest BCUT2D eigenvalue weighted by Crippen LogP contribution is 2.22. The van der Waals surface area contributed by atoms with Crippen LogP contribution in [0.4, 0.5) is 0 Å². The highest BCUT2D eigenvalue weighted by Gasteiger charge is 2.23. The first-order chi connectivity index (χ1) is 8.25. The van der Waals surface area contributed by atoms with Gasteiger partial charge in [-0.2, -0.15) is 0 Å². The van der Waals surface area contributed by atoms with E-state index in [-0.39, 0.29) is 12.0 Å².